The molecule has 0 aromatic heterocycles. The fourth-order valence-corrected chi connectivity index (χ4v) is 2.84. The van der Waals surface area contributed by atoms with Crippen molar-refractivity contribution in [1.29, 1.82) is 0 Å². The number of rotatable bonds is 5. The Bertz CT molecular complexity index is 624. The van der Waals surface area contributed by atoms with Crippen molar-refractivity contribution in [3.8, 4) is 0 Å². The number of carbonyl (C=O) groups excluding carboxylic acids is 2. The van der Waals surface area contributed by atoms with Crippen molar-refractivity contribution in [2.24, 2.45) is 5.92 Å². The van der Waals surface area contributed by atoms with E-state index in [1.54, 1.807) is 11.0 Å². The van der Waals surface area contributed by atoms with E-state index < -0.39 is 11.7 Å². The van der Waals surface area contributed by atoms with Gasteiger partial charge in [0.1, 0.15) is 12.2 Å². The highest BCUT2D eigenvalue weighted by Gasteiger charge is 2.33. The third kappa shape index (κ3) is 6.10. The quantitative estimate of drug-likeness (QED) is 0.813. The predicted octanol–water partition coefficient (Wildman–Crippen LogP) is 3.72. The Morgan fingerprint density at radius 1 is 1.35 bits per heavy atom. The summed E-state index contributed by atoms with van der Waals surface area (Å²) in [5, 5.41) is 2.83. The molecule has 2 atom stereocenters. The van der Waals surface area contributed by atoms with Crippen LogP contribution in [0.25, 0.3) is 0 Å². The highest BCUT2D eigenvalue weighted by molar-refractivity contribution is 5.69. The molecule has 1 saturated heterocycles. The smallest absolute Gasteiger partial charge is 0.410 e. The molecule has 1 aromatic rings. The topological polar surface area (TPSA) is 67.9 Å². The van der Waals surface area contributed by atoms with E-state index in [4.69, 9.17) is 9.47 Å². The first kappa shape index (κ1) is 19.8. The van der Waals surface area contributed by atoms with E-state index >= 15 is 0 Å². The molecule has 1 fully saturated rings. The van der Waals surface area contributed by atoms with Crippen LogP contribution in [-0.2, 0) is 16.1 Å². The molecule has 0 aliphatic carbocycles. The molecular formula is C20H28N2O4. The molecule has 6 nitrogen and oxygen atoms in total. The summed E-state index contributed by atoms with van der Waals surface area (Å²) in [4.78, 5) is 25.9. The molecule has 1 aliphatic rings. The normalized spacial score (nSPS) is 18.1. The van der Waals surface area contributed by atoms with Gasteiger partial charge in [0.25, 0.3) is 0 Å². The van der Waals surface area contributed by atoms with Gasteiger partial charge in [-0.3, -0.25) is 0 Å². The van der Waals surface area contributed by atoms with E-state index in [1.165, 1.54) is 0 Å². The zero-order valence-corrected chi connectivity index (χ0v) is 15.7. The lowest BCUT2D eigenvalue weighted by molar-refractivity contribution is 0.0287. The molecule has 26 heavy (non-hydrogen) atoms. The standard InChI is InChI=1S/C20H28N2O4/c1-5-17(21-18(23)25-14-15-9-7-6-8-10-15)16-11-12-22(13-16)19(24)26-20(2,3)4/h5-10,16-17H,1,11-14H2,2-4H3,(H,21,23)/t16-,17?/m0/s1. The fraction of sp³-hybridized carbons (Fsp3) is 0.500. The second kappa shape index (κ2) is 8.74. The first-order valence-electron chi connectivity index (χ1n) is 8.86. The third-order valence-corrected chi connectivity index (χ3v) is 4.14. The summed E-state index contributed by atoms with van der Waals surface area (Å²) in [6.07, 6.45) is 1.64. The molecule has 1 aliphatic heterocycles. The van der Waals surface area contributed by atoms with E-state index in [2.05, 4.69) is 11.9 Å². The summed E-state index contributed by atoms with van der Waals surface area (Å²) in [5.74, 6) is 0.0873. The maximum absolute atomic E-state index is 12.2. The second-order valence-corrected chi connectivity index (χ2v) is 7.44. The van der Waals surface area contributed by atoms with Gasteiger partial charge in [-0.25, -0.2) is 9.59 Å². The highest BCUT2D eigenvalue weighted by atomic mass is 16.6. The van der Waals surface area contributed by atoms with Crippen molar-refractivity contribution in [1.82, 2.24) is 10.2 Å². The van der Waals surface area contributed by atoms with Gasteiger partial charge in [0.15, 0.2) is 0 Å². The summed E-state index contributed by atoms with van der Waals surface area (Å²) >= 11 is 0. The van der Waals surface area contributed by atoms with Gasteiger partial charge >= 0.3 is 12.2 Å². The van der Waals surface area contributed by atoms with Crippen molar-refractivity contribution in [2.75, 3.05) is 13.1 Å². The van der Waals surface area contributed by atoms with E-state index in [0.717, 1.165) is 12.0 Å². The van der Waals surface area contributed by atoms with Crippen molar-refractivity contribution >= 4 is 12.2 Å². The molecule has 2 amide bonds. The molecule has 142 valence electrons. The maximum Gasteiger partial charge on any atom is 0.410 e. The van der Waals surface area contributed by atoms with Gasteiger partial charge in [-0.1, -0.05) is 36.4 Å². The number of ether oxygens (including phenoxy) is 2. The molecule has 1 heterocycles. The molecule has 0 bridgehead atoms. The zero-order chi connectivity index (χ0) is 19.2. The first-order valence-corrected chi connectivity index (χ1v) is 8.86. The second-order valence-electron chi connectivity index (χ2n) is 7.44. The Morgan fingerprint density at radius 2 is 2.04 bits per heavy atom. The molecule has 0 radical (unpaired) electrons. The van der Waals surface area contributed by atoms with Crippen LogP contribution >= 0.6 is 0 Å². The number of amides is 2. The number of alkyl carbamates (subject to hydrolysis) is 1. The van der Waals surface area contributed by atoms with Crippen LogP contribution in [0, 0.1) is 5.92 Å². The van der Waals surface area contributed by atoms with Crippen LogP contribution in [0.2, 0.25) is 0 Å². The van der Waals surface area contributed by atoms with Gasteiger partial charge in [0.2, 0.25) is 0 Å². The largest absolute Gasteiger partial charge is 0.445 e. The lowest BCUT2D eigenvalue weighted by Gasteiger charge is -2.25. The Labute approximate surface area is 155 Å². The summed E-state index contributed by atoms with van der Waals surface area (Å²) in [6.45, 7) is 10.7. The molecule has 2 rings (SSSR count). The monoisotopic (exact) mass is 360 g/mol. The zero-order valence-electron chi connectivity index (χ0n) is 15.7. The number of nitrogens with zero attached hydrogens (tertiary/aromatic N) is 1. The molecule has 1 N–H and O–H groups in total. The summed E-state index contributed by atoms with van der Waals surface area (Å²) in [6, 6.07) is 9.24. The van der Waals surface area contributed by atoms with Gasteiger partial charge < -0.3 is 19.7 Å². The van der Waals surface area contributed by atoms with Crippen molar-refractivity contribution in [2.45, 2.75) is 45.4 Å². The number of hydrogen-bond donors (Lipinski definition) is 1. The van der Waals surface area contributed by atoms with Gasteiger partial charge in [-0.2, -0.15) is 0 Å². The number of carbonyl (C=O) groups is 2. The molecule has 0 spiro atoms. The van der Waals surface area contributed by atoms with Crippen LogP contribution in [0.15, 0.2) is 43.0 Å². The Morgan fingerprint density at radius 3 is 2.65 bits per heavy atom. The summed E-state index contributed by atoms with van der Waals surface area (Å²) in [5.41, 5.74) is 0.404. The van der Waals surface area contributed by atoms with Crippen LogP contribution < -0.4 is 5.32 Å². The summed E-state index contributed by atoms with van der Waals surface area (Å²) < 4.78 is 10.7. The van der Waals surface area contributed by atoms with Gasteiger partial charge in [-0.15, -0.1) is 6.58 Å². The Kier molecular flexibility index (Phi) is 6.66. The maximum atomic E-state index is 12.2. The molecule has 1 unspecified atom stereocenters. The number of nitrogens with one attached hydrogen (secondary N) is 1. The van der Waals surface area contributed by atoms with Crippen LogP contribution in [-0.4, -0.2) is 41.8 Å². The molecule has 1 aromatic carbocycles. The minimum atomic E-state index is -0.521. The minimum Gasteiger partial charge on any atom is -0.445 e. The van der Waals surface area contributed by atoms with Crippen LogP contribution in [0.5, 0.6) is 0 Å². The number of benzene rings is 1. The third-order valence-electron chi connectivity index (χ3n) is 4.14. The van der Waals surface area contributed by atoms with Crippen molar-refractivity contribution < 1.29 is 19.1 Å². The van der Waals surface area contributed by atoms with Crippen LogP contribution in [0.3, 0.4) is 0 Å². The first-order chi connectivity index (χ1) is 12.3. The van der Waals surface area contributed by atoms with Crippen LogP contribution in [0.1, 0.15) is 32.8 Å². The van der Waals surface area contributed by atoms with Crippen molar-refractivity contribution in [3.05, 3.63) is 48.6 Å². The lowest BCUT2D eigenvalue weighted by atomic mass is 9.99. The van der Waals surface area contributed by atoms with Gasteiger partial charge in [0, 0.05) is 19.0 Å². The molecule has 6 heteroatoms. The Balaban J connectivity index is 1.82. The van der Waals surface area contributed by atoms with E-state index in [0.29, 0.717) is 13.1 Å². The highest BCUT2D eigenvalue weighted by Crippen LogP contribution is 2.23. The molecular weight excluding hydrogens is 332 g/mol. The predicted molar refractivity (Wildman–Crippen MR) is 99.7 cm³/mol. The minimum absolute atomic E-state index is 0.0873. The van der Waals surface area contributed by atoms with Crippen molar-refractivity contribution in [3.63, 3.8) is 0 Å². The Hall–Kier alpha value is -2.50. The van der Waals surface area contributed by atoms with E-state index in [-0.39, 0.29) is 24.7 Å². The van der Waals surface area contributed by atoms with E-state index in [1.807, 2.05) is 51.1 Å². The van der Waals surface area contributed by atoms with E-state index in [9.17, 15) is 9.59 Å². The van der Waals surface area contributed by atoms with Gasteiger partial charge in [0.05, 0.1) is 6.04 Å². The summed E-state index contributed by atoms with van der Waals surface area (Å²) in [7, 11) is 0. The SMILES string of the molecule is C=CC(NC(=O)OCc1ccccc1)[C@H]1CCN(C(=O)OC(C)(C)C)C1. The average molecular weight is 360 g/mol. The fourth-order valence-electron chi connectivity index (χ4n) is 2.84. The van der Waals surface area contributed by atoms with Gasteiger partial charge in [-0.05, 0) is 32.8 Å². The number of hydrogen-bond acceptors (Lipinski definition) is 4. The number of likely N-dealkylation sites (tertiary alicyclic amines) is 1. The average Bonchev–Trinajstić information content (AvgIpc) is 3.07. The molecule has 0 saturated carbocycles. The lowest BCUT2D eigenvalue weighted by Crippen LogP contribution is -2.41. The van der Waals surface area contributed by atoms with Crippen LogP contribution in [0.4, 0.5) is 9.59 Å².